The van der Waals surface area contributed by atoms with E-state index >= 15 is 0 Å². The molecule has 292 valence electrons. The van der Waals surface area contributed by atoms with Crippen molar-refractivity contribution in [1.82, 2.24) is 0 Å². The Bertz CT molecular complexity index is 3350. The van der Waals surface area contributed by atoms with Crippen molar-refractivity contribution in [2.24, 2.45) is 0 Å². The smallest absolute Gasteiger partial charge is 0.172 e. The lowest BCUT2D eigenvalue weighted by Gasteiger charge is -2.32. The maximum Gasteiger partial charge on any atom is 0.172 e. The Morgan fingerprint density at radius 2 is 0.984 bits per heavy atom. The van der Waals surface area contributed by atoms with Crippen LogP contribution in [0.5, 0.6) is 23.0 Å². The molecule has 1 aliphatic heterocycles. The lowest BCUT2D eigenvalue weighted by atomic mass is 9.69. The van der Waals surface area contributed by atoms with Gasteiger partial charge in [-0.1, -0.05) is 164 Å². The van der Waals surface area contributed by atoms with E-state index in [2.05, 4.69) is 217 Å². The SMILES string of the molecule is C1=C2C(=CCC1)C1(c3ccccc32)c2ccccc2-c2cc3c(cc21)Oc1cc(N(c2ccc(-c4ccccc4-c4ccccc4)cc2)c2cccc4ccccc24)ccc1O3. The van der Waals surface area contributed by atoms with E-state index in [-0.39, 0.29) is 0 Å². The summed E-state index contributed by atoms with van der Waals surface area (Å²) in [5, 5.41) is 2.34. The van der Waals surface area contributed by atoms with Crippen LogP contribution in [0.3, 0.4) is 0 Å². The zero-order valence-corrected chi connectivity index (χ0v) is 33.9. The lowest BCUT2D eigenvalue weighted by Crippen LogP contribution is -2.26. The van der Waals surface area contributed by atoms with Gasteiger partial charge in [0.1, 0.15) is 0 Å². The van der Waals surface area contributed by atoms with E-state index in [4.69, 9.17) is 9.47 Å². The molecule has 0 saturated heterocycles. The van der Waals surface area contributed by atoms with E-state index in [0.29, 0.717) is 11.5 Å². The maximum absolute atomic E-state index is 7.02. The number of rotatable bonds is 5. The summed E-state index contributed by atoms with van der Waals surface area (Å²) in [4.78, 5) is 2.33. The predicted molar refractivity (Wildman–Crippen MR) is 253 cm³/mol. The third-order valence-electron chi connectivity index (χ3n) is 13.4. The van der Waals surface area contributed by atoms with E-state index in [1.807, 2.05) is 0 Å². The van der Waals surface area contributed by atoms with Crippen LogP contribution in [-0.4, -0.2) is 0 Å². The fourth-order valence-corrected chi connectivity index (χ4v) is 10.8. The second-order valence-corrected chi connectivity index (χ2v) is 16.6. The second kappa shape index (κ2) is 13.6. The van der Waals surface area contributed by atoms with Crippen LogP contribution in [0.2, 0.25) is 0 Å². The zero-order chi connectivity index (χ0) is 40.8. The van der Waals surface area contributed by atoms with Crippen LogP contribution in [0.1, 0.15) is 35.1 Å². The van der Waals surface area contributed by atoms with Crippen molar-refractivity contribution in [2.45, 2.75) is 18.3 Å². The van der Waals surface area contributed by atoms with Crippen molar-refractivity contribution in [2.75, 3.05) is 4.90 Å². The van der Waals surface area contributed by atoms with Gasteiger partial charge >= 0.3 is 0 Å². The number of allylic oxidation sites excluding steroid dienone is 4. The first-order valence-corrected chi connectivity index (χ1v) is 21.6. The Morgan fingerprint density at radius 1 is 0.387 bits per heavy atom. The van der Waals surface area contributed by atoms with E-state index in [1.165, 1.54) is 66.6 Å². The molecular formula is C59H39NO2. The molecule has 3 nitrogen and oxygen atoms in total. The molecule has 13 rings (SSSR count). The molecule has 9 aromatic rings. The average molecular weight is 794 g/mol. The number of ether oxygens (including phenoxy) is 2. The normalized spacial score (nSPS) is 16.1. The molecule has 0 amide bonds. The van der Waals surface area contributed by atoms with Crippen LogP contribution in [0.25, 0.3) is 49.7 Å². The molecule has 1 atom stereocenters. The molecule has 9 aromatic carbocycles. The van der Waals surface area contributed by atoms with Gasteiger partial charge in [0.05, 0.1) is 16.8 Å². The van der Waals surface area contributed by atoms with Crippen molar-refractivity contribution in [3.8, 4) is 56.4 Å². The summed E-state index contributed by atoms with van der Waals surface area (Å²) in [5.74, 6) is 2.83. The van der Waals surface area contributed by atoms with Crippen LogP contribution in [-0.2, 0) is 5.41 Å². The monoisotopic (exact) mass is 793 g/mol. The Morgan fingerprint density at radius 3 is 1.81 bits per heavy atom. The zero-order valence-electron chi connectivity index (χ0n) is 33.9. The third-order valence-corrected chi connectivity index (χ3v) is 13.4. The van der Waals surface area contributed by atoms with Crippen molar-refractivity contribution >= 4 is 33.4 Å². The van der Waals surface area contributed by atoms with Gasteiger partial charge in [0.15, 0.2) is 23.0 Å². The number of benzene rings is 9. The van der Waals surface area contributed by atoms with Crippen molar-refractivity contribution < 1.29 is 9.47 Å². The Balaban J connectivity index is 0.933. The molecule has 4 aliphatic rings. The standard InChI is InChI=1S/C59H39NO2/c1-2-15-38(16-3-1)43-19-6-7-20-44(43)40-29-31-41(32-30-40)60(54-28-14-18-39-17-4-5-21-45(39)54)42-33-34-55-56(35-42)62-58-37-53-49(36-57(58)61-55)48-24-10-13-27-52(48)59(53)50-25-11-8-22-46(50)47-23-9-12-26-51(47)59/h1-8,10-11,13-37H,9,12H2. The van der Waals surface area contributed by atoms with Gasteiger partial charge in [-0.3, -0.25) is 0 Å². The summed E-state index contributed by atoms with van der Waals surface area (Å²) in [6, 6.07) is 72.0. The molecule has 0 aromatic heterocycles. The molecule has 1 unspecified atom stereocenters. The topological polar surface area (TPSA) is 21.7 Å². The van der Waals surface area contributed by atoms with Gasteiger partial charge in [0, 0.05) is 17.1 Å². The lowest BCUT2D eigenvalue weighted by molar-refractivity contribution is 0.359. The van der Waals surface area contributed by atoms with E-state index in [0.717, 1.165) is 52.4 Å². The highest BCUT2D eigenvalue weighted by atomic mass is 16.6. The fourth-order valence-electron chi connectivity index (χ4n) is 10.8. The molecule has 1 spiro atoms. The molecule has 3 heteroatoms. The molecule has 0 fully saturated rings. The maximum atomic E-state index is 7.02. The van der Waals surface area contributed by atoms with Crippen molar-refractivity contribution in [1.29, 1.82) is 0 Å². The number of anilines is 3. The van der Waals surface area contributed by atoms with Gasteiger partial charge in [-0.25, -0.2) is 0 Å². The van der Waals surface area contributed by atoms with Gasteiger partial charge in [0.25, 0.3) is 0 Å². The van der Waals surface area contributed by atoms with Gasteiger partial charge in [0.2, 0.25) is 0 Å². The van der Waals surface area contributed by atoms with Crippen LogP contribution < -0.4 is 14.4 Å². The second-order valence-electron chi connectivity index (χ2n) is 16.6. The minimum absolute atomic E-state index is 0.422. The summed E-state index contributed by atoms with van der Waals surface area (Å²) in [6.07, 6.45) is 7.01. The first-order chi connectivity index (χ1) is 30.7. The summed E-state index contributed by atoms with van der Waals surface area (Å²) in [7, 11) is 0. The first kappa shape index (κ1) is 34.9. The predicted octanol–water partition coefficient (Wildman–Crippen LogP) is 16.0. The number of fused-ring (bicyclic) bond motifs is 13. The van der Waals surface area contributed by atoms with Crippen molar-refractivity contribution in [3.63, 3.8) is 0 Å². The highest BCUT2D eigenvalue weighted by Gasteiger charge is 2.54. The Hall–Kier alpha value is -7.88. The number of hydrogen-bond donors (Lipinski definition) is 0. The minimum Gasteiger partial charge on any atom is -0.449 e. The Labute approximate surface area is 361 Å². The average Bonchev–Trinajstić information content (AvgIpc) is 3.80. The summed E-state index contributed by atoms with van der Waals surface area (Å²) in [5.41, 5.74) is 17.9. The highest BCUT2D eigenvalue weighted by molar-refractivity contribution is 6.02. The molecular weight excluding hydrogens is 755 g/mol. The third kappa shape index (κ3) is 5.06. The van der Waals surface area contributed by atoms with Gasteiger partial charge in [-0.2, -0.15) is 0 Å². The van der Waals surface area contributed by atoms with Crippen LogP contribution in [0.15, 0.2) is 218 Å². The quantitative estimate of drug-likeness (QED) is 0.173. The molecule has 62 heavy (non-hydrogen) atoms. The highest BCUT2D eigenvalue weighted by Crippen LogP contribution is 2.66. The minimum atomic E-state index is -0.422. The largest absolute Gasteiger partial charge is 0.449 e. The van der Waals surface area contributed by atoms with Crippen LogP contribution >= 0.6 is 0 Å². The first-order valence-electron chi connectivity index (χ1n) is 21.6. The summed E-state index contributed by atoms with van der Waals surface area (Å²) >= 11 is 0. The van der Waals surface area contributed by atoms with E-state index in [9.17, 15) is 0 Å². The molecule has 1 heterocycles. The number of hydrogen-bond acceptors (Lipinski definition) is 3. The van der Waals surface area contributed by atoms with Gasteiger partial charge < -0.3 is 14.4 Å². The summed E-state index contributed by atoms with van der Waals surface area (Å²) in [6.45, 7) is 0. The van der Waals surface area contributed by atoms with Gasteiger partial charge in [-0.05, 0) is 127 Å². The molecule has 0 saturated carbocycles. The molecule has 3 aliphatic carbocycles. The molecule has 0 bridgehead atoms. The molecule has 0 N–H and O–H groups in total. The van der Waals surface area contributed by atoms with Crippen molar-refractivity contribution in [3.05, 3.63) is 240 Å². The number of nitrogens with zero attached hydrogens (tertiary/aromatic N) is 1. The fraction of sp³-hybridized carbons (Fsp3) is 0.0508. The molecule has 0 radical (unpaired) electrons. The summed E-state index contributed by atoms with van der Waals surface area (Å²) < 4.78 is 13.8. The Kier molecular flexibility index (Phi) is 7.65. The van der Waals surface area contributed by atoms with Crippen LogP contribution in [0.4, 0.5) is 17.1 Å². The van der Waals surface area contributed by atoms with Crippen LogP contribution in [0, 0.1) is 0 Å². The van der Waals surface area contributed by atoms with E-state index in [1.54, 1.807) is 0 Å². The van der Waals surface area contributed by atoms with E-state index < -0.39 is 5.41 Å². The van der Waals surface area contributed by atoms with Gasteiger partial charge in [-0.15, -0.1) is 0 Å².